The molecule has 0 aliphatic carbocycles. The molecular weight excluding hydrogens is 238 g/mol. The molecule has 1 aromatic heterocycles. The van der Waals surface area contributed by atoms with Crippen LogP contribution in [0, 0.1) is 5.41 Å². The Bertz CT molecular complexity index is 485. The first-order chi connectivity index (χ1) is 8.98. The molecule has 0 amide bonds. The van der Waals surface area contributed by atoms with Gasteiger partial charge in [-0.3, -0.25) is 0 Å². The molecule has 2 aromatic rings. The Kier molecular flexibility index (Phi) is 3.96. The van der Waals surface area contributed by atoms with Gasteiger partial charge in [0.25, 0.3) is 0 Å². The van der Waals surface area contributed by atoms with Gasteiger partial charge in [-0.2, -0.15) is 0 Å². The van der Waals surface area contributed by atoms with E-state index in [1.165, 1.54) is 0 Å². The van der Waals surface area contributed by atoms with Crippen molar-refractivity contribution in [3.05, 3.63) is 54.4 Å². The second-order valence-corrected chi connectivity index (χ2v) is 5.79. The number of aromatic amines is 1. The highest BCUT2D eigenvalue weighted by atomic mass is 16.5. The molecule has 0 saturated carbocycles. The second-order valence-electron chi connectivity index (χ2n) is 5.79. The summed E-state index contributed by atoms with van der Waals surface area (Å²) >= 11 is 0. The van der Waals surface area contributed by atoms with Gasteiger partial charge in [-0.15, -0.1) is 0 Å². The smallest absolute Gasteiger partial charge is 0.165 e. The summed E-state index contributed by atoms with van der Waals surface area (Å²) < 4.78 is 5.97. The van der Waals surface area contributed by atoms with E-state index in [2.05, 4.69) is 4.98 Å². The maximum absolute atomic E-state index is 10.5. The standard InChI is InChI=1S/C16H21NO2/c1-16(2,3)15(18)14(13-10-7-11-17-13)19-12-8-5-4-6-9-12/h4-11,14-15,17-18H,1-3H3. The molecule has 0 saturated heterocycles. The summed E-state index contributed by atoms with van der Waals surface area (Å²) in [5, 5.41) is 10.5. The normalized spacial score (nSPS) is 14.9. The van der Waals surface area contributed by atoms with Gasteiger partial charge in [-0.25, -0.2) is 0 Å². The fourth-order valence-electron chi connectivity index (χ4n) is 1.92. The van der Waals surface area contributed by atoms with Gasteiger partial charge in [0.05, 0.1) is 5.69 Å². The average Bonchev–Trinajstić information content (AvgIpc) is 2.89. The van der Waals surface area contributed by atoms with Gasteiger partial charge in [-0.1, -0.05) is 39.0 Å². The zero-order valence-corrected chi connectivity index (χ0v) is 11.6. The predicted octanol–water partition coefficient (Wildman–Crippen LogP) is 3.54. The number of H-pyrrole nitrogens is 1. The largest absolute Gasteiger partial charge is 0.481 e. The van der Waals surface area contributed by atoms with Crippen molar-refractivity contribution in [1.29, 1.82) is 0 Å². The summed E-state index contributed by atoms with van der Waals surface area (Å²) in [5.74, 6) is 0.755. The SMILES string of the molecule is CC(C)(C)C(O)C(Oc1ccccc1)c1ccc[nH]1. The highest BCUT2D eigenvalue weighted by Crippen LogP contribution is 2.33. The molecular formula is C16H21NO2. The lowest BCUT2D eigenvalue weighted by Crippen LogP contribution is -2.35. The lowest BCUT2D eigenvalue weighted by atomic mass is 9.85. The van der Waals surface area contributed by atoms with Crippen molar-refractivity contribution in [1.82, 2.24) is 4.98 Å². The molecule has 102 valence electrons. The van der Waals surface area contributed by atoms with E-state index in [-0.39, 0.29) is 5.41 Å². The molecule has 1 heterocycles. The van der Waals surface area contributed by atoms with Gasteiger partial charge in [0, 0.05) is 6.20 Å². The third-order valence-corrected chi connectivity index (χ3v) is 3.11. The maximum Gasteiger partial charge on any atom is 0.165 e. The molecule has 0 aliphatic rings. The third kappa shape index (κ3) is 3.38. The van der Waals surface area contributed by atoms with E-state index in [1.54, 1.807) is 0 Å². The maximum atomic E-state index is 10.5. The van der Waals surface area contributed by atoms with Crippen LogP contribution in [-0.2, 0) is 0 Å². The minimum atomic E-state index is -0.605. The van der Waals surface area contributed by atoms with Crippen LogP contribution < -0.4 is 4.74 Å². The van der Waals surface area contributed by atoms with Crippen LogP contribution in [0.2, 0.25) is 0 Å². The van der Waals surface area contributed by atoms with E-state index >= 15 is 0 Å². The first-order valence-electron chi connectivity index (χ1n) is 6.51. The van der Waals surface area contributed by atoms with Crippen molar-refractivity contribution in [2.75, 3.05) is 0 Å². The van der Waals surface area contributed by atoms with E-state index in [4.69, 9.17) is 4.74 Å². The molecule has 0 bridgehead atoms. The minimum Gasteiger partial charge on any atom is -0.481 e. The van der Waals surface area contributed by atoms with Crippen molar-refractivity contribution < 1.29 is 9.84 Å². The summed E-state index contributed by atoms with van der Waals surface area (Å²) in [4.78, 5) is 3.13. The number of aliphatic hydroxyl groups is 1. The lowest BCUT2D eigenvalue weighted by Gasteiger charge is -2.32. The van der Waals surface area contributed by atoms with Gasteiger partial charge >= 0.3 is 0 Å². The van der Waals surface area contributed by atoms with Crippen molar-refractivity contribution in [3.8, 4) is 5.75 Å². The summed E-state index contributed by atoms with van der Waals surface area (Å²) in [5.41, 5.74) is 0.621. The van der Waals surface area contributed by atoms with Crippen LogP contribution in [0.1, 0.15) is 32.6 Å². The van der Waals surface area contributed by atoms with Gasteiger partial charge in [0.1, 0.15) is 11.9 Å². The van der Waals surface area contributed by atoms with E-state index in [0.29, 0.717) is 0 Å². The monoisotopic (exact) mass is 259 g/mol. The molecule has 0 aliphatic heterocycles. The van der Waals surface area contributed by atoms with Crippen LogP contribution >= 0.6 is 0 Å². The summed E-state index contributed by atoms with van der Waals surface area (Å²) in [6, 6.07) is 13.4. The molecule has 0 spiro atoms. The molecule has 2 unspecified atom stereocenters. The molecule has 2 rings (SSSR count). The number of aliphatic hydroxyl groups excluding tert-OH is 1. The Morgan fingerprint density at radius 3 is 2.26 bits per heavy atom. The number of aromatic nitrogens is 1. The van der Waals surface area contributed by atoms with E-state index in [9.17, 15) is 5.11 Å². The number of hydrogen-bond donors (Lipinski definition) is 2. The van der Waals surface area contributed by atoms with Gasteiger partial charge in [-0.05, 0) is 29.7 Å². The van der Waals surface area contributed by atoms with Gasteiger partial charge < -0.3 is 14.8 Å². The fourth-order valence-corrected chi connectivity index (χ4v) is 1.92. The molecule has 0 fully saturated rings. The van der Waals surface area contributed by atoms with Crippen LogP contribution in [-0.4, -0.2) is 16.2 Å². The van der Waals surface area contributed by atoms with Crippen molar-refractivity contribution in [2.45, 2.75) is 33.0 Å². The first-order valence-corrected chi connectivity index (χ1v) is 6.51. The molecule has 2 N–H and O–H groups in total. The summed E-state index contributed by atoms with van der Waals surface area (Å²) in [6.07, 6.45) is 0.829. The number of para-hydroxylation sites is 1. The Morgan fingerprint density at radius 2 is 1.74 bits per heavy atom. The van der Waals surface area contributed by atoms with Crippen LogP contribution in [0.3, 0.4) is 0 Å². The topological polar surface area (TPSA) is 45.2 Å². The Labute approximate surface area is 114 Å². The van der Waals surface area contributed by atoms with Crippen LogP contribution in [0.4, 0.5) is 0 Å². The molecule has 3 nitrogen and oxygen atoms in total. The van der Waals surface area contributed by atoms with Crippen molar-refractivity contribution >= 4 is 0 Å². The minimum absolute atomic E-state index is 0.259. The number of nitrogens with one attached hydrogen (secondary N) is 1. The quantitative estimate of drug-likeness (QED) is 0.882. The zero-order valence-electron chi connectivity index (χ0n) is 11.6. The zero-order chi connectivity index (χ0) is 13.9. The molecule has 2 atom stereocenters. The first kappa shape index (κ1) is 13.7. The van der Waals surface area contributed by atoms with Crippen LogP contribution in [0.5, 0.6) is 5.75 Å². The highest BCUT2D eigenvalue weighted by molar-refractivity contribution is 5.23. The Hall–Kier alpha value is -1.74. The second kappa shape index (κ2) is 5.49. The molecule has 3 heteroatoms. The van der Waals surface area contributed by atoms with E-state index in [1.807, 2.05) is 69.4 Å². The third-order valence-electron chi connectivity index (χ3n) is 3.11. The summed E-state index contributed by atoms with van der Waals surface area (Å²) in [7, 11) is 0. The van der Waals surface area contributed by atoms with Crippen molar-refractivity contribution in [3.63, 3.8) is 0 Å². The van der Waals surface area contributed by atoms with Gasteiger partial charge in [0.15, 0.2) is 6.10 Å². The van der Waals surface area contributed by atoms with Crippen LogP contribution in [0.15, 0.2) is 48.7 Å². The molecule has 0 radical (unpaired) electrons. The van der Waals surface area contributed by atoms with E-state index < -0.39 is 12.2 Å². The Balaban J connectivity index is 2.25. The number of benzene rings is 1. The average molecular weight is 259 g/mol. The fraction of sp³-hybridized carbons (Fsp3) is 0.375. The number of rotatable bonds is 4. The van der Waals surface area contributed by atoms with Crippen molar-refractivity contribution in [2.24, 2.45) is 5.41 Å². The number of hydrogen-bond acceptors (Lipinski definition) is 2. The van der Waals surface area contributed by atoms with Gasteiger partial charge in [0.2, 0.25) is 0 Å². The lowest BCUT2D eigenvalue weighted by molar-refractivity contribution is -0.0348. The predicted molar refractivity (Wildman–Crippen MR) is 76.1 cm³/mol. The molecule has 1 aromatic carbocycles. The highest BCUT2D eigenvalue weighted by Gasteiger charge is 2.33. The molecule has 19 heavy (non-hydrogen) atoms. The summed E-state index contributed by atoms with van der Waals surface area (Å²) in [6.45, 7) is 6.01. The van der Waals surface area contributed by atoms with E-state index in [0.717, 1.165) is 11.4 Å². The number of ether oxygens (including phenoxy) is 1. The Morgan fingerprint density at radius 1 is 1.05 bits per heavy atom. The van der Waals surface area contributed by atoms with Crippen LogP contribution in [0.25, 0.3) is 0 Å².